The minimum Gasteiger partial charge on any atom is -0.184 e. The Morgan fingerprint density at radius 1 is 1.16 bits per heavy atom. The van der Waals surface area contributed by atoms with Crippen LogP contribution in [0.5, 0.6) is 0 Å². The molecule has 1 heterocycles. The van der Waals surface area contributed by atoms with Crippen molar-refractivity contribution in [1.29, 1.82) is 0 Å². The molecule has 0 aliphatic heterocycles. The summed E-state index contributed by atoms with van der Waals surface area (Å²) in [6.07, 6.45) is 4.15. The first-order valence-corrected chi connectivity index (χ1v) is 8.91. The van der Waals surface area contributed by atoms with E-state index in [2.05, 4.69) is 126 Å². The molecule has 6 heteroatoms. The van der Waals surface area contributed by atoms with Crippen LogP contribution >= 0.6 is 45.7 Å². The second kappa shape index (κ2) is 9.47. The Morgan fingerprint density at radius 3 is 2.16 bits per heavy atom. The van der Waals surface area contributed by atoms with E-state index in [1.54, 1.807) is 0 Å². The standard InChI is InChI=1S/C7H7I2N.C6H10N2.Pt/c8-10(9)6-7-4-2-1-3-5-7;1-3-8-5-4-7(2)6-8;/h1-5H,6H2;4-5H,3H2,1-2H3;. The molecule has 0 aliphatic rings. The summed E-state index contributed by atoms with van der Waals surface area (Å²) < 4.78 is 7.68. The predicted molar refractivity (Wildman–Crippen MR) is 92.3 cm³/mol. The Labute approximate surface area is 153 Å². The predicted octanol–water partition coefficient (Wildman–Crippen LogP) is 4.11. The Bertz CT molecular complexity index is 534. The third kappa shape index (κ3) is 6.69. The zero-order valence-corrected chi connectivity index (χ0v) is 17.5. The maximum atomic E-state index is 2.31. The van der Waals surface area contributed by atoms with Crippen LogP contribution in [0.2, 0.25) is 0 Å². The van der Waals surface area contributed by atoms with Gasteiger partial charge in [0.1, 0.15) is 0 Å². The number of halogens is 2. The second-order valence-electron chi connectivity index (χ2n) is 3.88. The van der Waals surface area contributed by atoms with Gasteiger partial charge >= 0.3 is 65.2 Å². The molecular weight excluding hydrogens is 647 g/mol. The van der Waals surface area contributed by atoms with Gasteiger partial charge < -0.3 is 0 Å². The molecule has 108 valence electrons. The van der Waals surface area contributed by atoms with Crippen molar-refractivity contribution in [2.24, 2.45) is 7.05 Å². The van der Waals surface area contributed by atoms with Crippen LogP contribution in [0.1, 0.15) is 12.5 Å². The van der Waals surface area contributed by atoms with Gasteiger partial charge in [0.25, 0.3) is 0 Å². The first kappa shape index (κ1) is 17.6. The number of benzene rings is 1. The third-order valence-corrected chi connectivity index (χ3v) is 4.58. The molecule has 3 nitrogen and oxygen atoms in total. The largest absolute Gasteiger partial charge is 0.184 e. The molecule has 0 fully saturated rings. The molecule has 1 aromatic heterocycles. The van der Waals surface area contributed by atoms with Gasteiger partial charge in [0.2, 0.25) is 0 Å². The van der Waals surface area contributed by atoms with E-state index < -0.39 is 0 Å². The second-order valence-corrected chi connectivity index (χ2v) is 9.07. The summed E-state index contributed by atoms with van der Waals surface area (Å²) >= 11 is 6.84. The van der Waals surface area contributed by atoms with Gasteiger partial charge in [-0.1, -0.05) is 30.3 Å². The SMILES string of the molecule is CCn1ccn(C)[c]1=[Pt].IN(I)Cc1ccccc1. The summed E-state index contributed by atoms with van der Waals surface area (Å²) in [4.78, 5) is 0. The first-order valence-electron chi connectivity index (χ1n) is 5.84. The summed E-state index contributed by atoms with van der Waals surface area (Å²) in [7, 11) is 2.05. The maximum Gasteiger partial charge on any atom is 0.0435 e. The van der Waals surface area contributed by atoms with Gasteiger partial charge in [-0.25, -0.2) is 0 Å². The zero-order chi connectivity index (χ0) is 14.3. The molecule has 0 aliphatic carbocycles. The van der Waals surface area contributed by atoms with Crippen molar-refractivity contribution in [2.75, 3.05) is 0 Å². The molecule has 1 aromatic carbocycles. The number of aromatic nitrogens is 2. The maximum absolute atomic E-state index is 2.31. The average Bonchev–Trinajstić information content (AvgIpc) is 2.71. The summed E-state index contributed by atoms with van der Waals surface area (Å²) in [6.45, 7) is 4.20. The number of nitrogens with zero attached hydrogens (tertiary/aromatic N) is 3. The molecule has 0 unspecified atom stereocenters. The van der Waals surface area contributed by atoms with Crippen LogP contribution in [0.3, 0.4) is 0 Å². The molecule has 0 spiro atoms. The smallest absolute Gasteiger partial charge is 0.0435 e. The van der Waals surface area contributed by atoms with Gasteiger partial charge in [-0.3, -0.25) is 0 Å². The monoisotopic (exact) mass is 664 g/mol. The summed E-state index contributed by atoms with van der Waals surface area (Å²) in [5.74, 6) is 0. The van der Waals surface area contributed by atoms with Crippen molar-refractivity contribution in [3.8, 4) is 0 Å². The minimum atomic E-state index is 1.00. The normalized spacial score (nSPS) is 10.3. The molecular formula is C13H17I2N3Pt. The summed E-state index contributed by atoms with van der Waals surface area (Å²) in [5.41, 5.74) is 1.35. The molecule has 0 radical (unpaired) electrons. The molecule has 2 aromatic rings. The first-order chi connectivity index (χ1) is 9.04. The fourth-order valence-corrected chi connectivity index (χ4v) is 2.93. The Hall–Kier alpha value is 0.538. The van der Waals surface area contributed by atoms with Crippen molar-refractivity contribution < 1.29 is 19.4 Å². The molecule has 19 heavy (non-hydrogen) atoms. The Kier molecular flexibility index (Phi) is 8.77. The molecule has 2 rings (SSSR count). The van der Waals surface area contributed by atoms with Crippen molar-refractivity contribution in [3.63, 3.8) is 0 Å². The number of aryl methyl sites for hydroxylation is 2. The molecule has 0 bridgehead atoms. The Morgan fingerprint density at radius 2 is 1.79 bits per heavy atom. The van der Waals surface area contributed by atoms with E-state index in [1.165, 1.54) is 9.37 Å². The summed E-state index contributed by atoms with van der Waals surface area (Å²) in [6, 6.07) is 10.4. The molecule has 0 atom stereocenters. The number of rotatable bonds is 3. The van der Waals surface area contributed by atoms with E-state index in [-0.39, 0.29) is 0 Å². The van der Waals surface area contributed by atoms with Crippen molar-refractivity contribution >= 4 is 45.7 Å². The van der Waals surface area contributed by atoms with E-state index in [0.29, 0.717) is 0 Å². The van der Waals surface area contributed by atoms with Crippen LogP contribution < -0.4 is 0 Å². The minimum absolute atomic E-state index is 1.00. The zero-order valence-electron chi connectivity index (χ0n) is 10.9. The topological polar surface area (TPSA) is 13.1 Å². The fourth-order valence-electron chi connectivity index (χ4n) is 1.44. The summed E-state index contributed by atoms with van der Waals surface area (Å²) in [5, 5.41) is 0. The van der Waals surface area contributed by atoms with Crippen LogP contribution in [0, 0.1) is 3.80 Å². The number of hydrogen-bond donors (Lipinski definition) is 0. The van der Waals surface area contributed by atoms with Gasteiger partial charge in [0.05, 0.1) is 0 Å². The van der Waals surface area contributed by atoms with Gasteiger partial charge in [-0.05, 0) is 5.56 Å². The van der Waals surface area contributed by atoms with E-state index in [1.807, 2.05) is 6.07 Å². The Balaban J connectivity index is 0.000000191. The van der Waals surface area contributed by atoms with Crippen LogP contribution in [-0.4, -0.2) is 10.5 Å². The van der Waals surface area contributed by atoms with Crippen LogP contribution in [0.15, 0.2) is 42.7 Å². The van der Waals surface area contributed by atoms with Crippen molar-refractivity contribution in [3.05, 3.63) is 52.1 Å². The third-order valence-electron chi connectivity index (χ3n) is 2.44. The van der Waals surface area contributed by atoms with E-state index in [9.17, 15) is 0 Å². The quantitative estimate of drug-likeness (QED) is 0.356. The van der Waals surface area contributed by atoms with Crippen molar-refractivity contribution in [2.45, 2.75) is 20.0 Å². The van der Waals surface area contributed by atoms with E-state index in [4.69, 9.17) is 0 Å². The van der Waals surface area contributed by atoms with Gasteiger partial charge in [-0.2, -0.15) is 1.33 Å². The number of imidazole rings is 1. The van der Waals surface area contributed by atoms with Crippen LogP contribution in [0.25, 0.3) is 0 Å². The van der Waals surface area contributed by atoms with Gasteiger partial charge in [0, 0.05) is 52.3 Å². The van der Waals surface area contributed by atoms with Crippen LogP contribution in [-0.2, 0) is 39.5 Å². The van der Waals surface area contributed by atoms with E-state index >= 15 is 0 Å². The van der Waals surface area contributed by atoms with Crippen molar-refractivity contribution in [1.82, 2.24) is 10.5 Å². The molecule has 0 N–H and O–H groups in total. The average molecular weight is 664 g/mol. The fraction of sp³-hybridized carbons (Fsp3) is 0.308. The van der Waals surface area contributed by atoms with Crippen LogP contribution in [0.4, 0.5) is 0 Å². The molecule has 0 saturated heterocycles. The molecule has 0 amide bonds. The van der Waals surface area contributed by atoms with Gasteiger partial charge in [0.15, 0.2) is 0 Å². The van der Waals surface area contributed by atoms with Gasteiger partial charge in [-0.15, -0.1) is 0 Å². The van der Waals surface area contributed by atoms with E-state index in [0.717, 1.165) is 13.1 Å². The molecule has 0 saturated carbocycles. The number of hydrogen-bond acceptors (Lipinski definition) is 1.